The highest BCUT2D eigenvalue weighted by Crippen LogP contribution is 1.85. The number of amidine groups is 1. The topological polar surface area (TPSA) is 70.5 Å². The van der Waals surface area contributed by atoms with Crippen molar-refractivity contribution in [1.82, 2.24) is 5.48 Å². The van der Waals surface area contributed by atoms with E-state index in [0.717, 1.165) is 0 Å². The van der Waals surface area contributed by atoms with Crippen LogP contribution in [0.1, 0.15) is 6.92 Å². The fourth-order valence-corrected chi connectivity index (χ4v) is 0.293. The van der Waals surface area contributed by atoms with Crippen molar-refractivity contribution in [2.45, 2.75) is 6.92 Å². The van der Waals surface area contributed by atoms with Crippen molar-refractivity contribution < 1.29 is 5.11 Å². The molecule has 10 heavy (non-hydrogen) atoms. The summed E-state index contributed by atoms with van der Waals surface area (Å²) in [7, 11) is 0. The van der Waals surface area contributed by atoms with Gasteiger partial charge in [0, 0.05) is 0 Å². The molecule has 0 atom stereocenters. The maximum atomic E-state index is 10.5. The second-order valence-electron chi connectivity index (χ2n) is 1.43. The Balaban J connectivity index is 4.24. The van der Waals surface area contributed by atoms with Crippen LogP contribution in [0.3, 0.4) is 0 Å². The van der Waals surface area contributed by atoms with Gasteiger partial charge in [-0.1, -0.05) is 12.7 Å². The molecule has 4 nitrogen and oxygen atoms in total. The van der Waals surface area contributed by atoms with Gasteiger partial charge >= 0.3 is 0 Å². The van der Waals surface area contributed by atoms with E-state index in [1.165, 1.54) is 24.6 Å². The maximum absolute atomic E-state index is 10.5. The van der Waals surface area contributed by atoms with E-state index < -0.39 is 5.88 Å². The van der Waals surface area contributed by atoms with Crippen LogP contribution in [0.25, 0.3) is 0 Å². The van der Waals surface area contributed by atoms with Crippen molar-refractivity contribution in [3.63, 3.8) is 0 Å². The monoisotopic (exact) mass is 140 g/mol. The molecule has 0 aromatic rings. The molecule has 0 bridgehead atoms. The number of allylic oxidation sites excluding steroid dienone is 1. The molecule has 0 saturated carbocycles. The molecule has 0 radical (unpaired) electrons. The third kappa shape index (κ3) is 2.88. The van der Waals surface area contributed by atoms with Gasteiger partial charge in [0.2, 0.25) is 0 Å². The minimum Gasteiger partial charge on any atom is -0.859 e. The molecule has 0 aliphatic carbocycles. The quantitative estimate of drug-likeness (QED) is 0.251. The van der Waals surface area contributed by atoms with Gasteiger partial charge in [0.05, 0.1) is 0 Å². The predicted molar refractivity (Wildman–Crippen MR) is 37.9 cm³/mol. The molecule has 0 aromatic heterocycles. The van der Waals surface area contributed by atoms with Gasteiger partial charge in [-0.2, -0.15) is 0 Å². The normalized spacial score (nSPS) is 13.0. The van der Waals surface area contributed by atoms with Gasteiger partial charge in [-0.05, 0) is 18.9 Å². The van der Waals surface area contributed by atoms with Gasteiger partial charge in [0.25, 0.3) is 0 Å². The first-order valence-corrected chi connectivity index (χ1v) is 2.67. The summed E-state index contributed by atoms with van der Waals surface area (Å²) in [6.07, 6.45) is 2.43. The van der Waals surface area contributed by atoms with E-state index in [2.05, 4.69) is 11.6 Å². The summed E-state index contributed by atoms with van der Waals surface area (Å²) in [6.45, 7) is 4.80. The van der Waals surface area contributed by atoms with Gasteiger partial charge in [-0.25, -0.2) is 4.99 Å². The highest BCUT2D eigenvalue weighted by Gasteiger charge is 1.78. The highest BCUT2D eigenvalue weighted by molar-refractivity contribution is 5.93. The number of nitrogens with zero attached hydrogens (tertiary/aromatic N) is 1. The summed E-state index contributed by atoms with van der Waals surface area (Å²) < 4.78 is 0. The van der Waals surface area contributed by atoms with E-state index in [-0.39, 0.29) is 5.84 Å². The molecule has 0 amide bonds. The van der Waals surface area contributed by atoms with Crippen LogP contribution in [0, 0.1) is 5.21 Å². The molecule has 4 heteroatoms. The van der Waals surface area contributed by atoms with Gasteiger partial charge in [-0.15, -0.1) is 0 Å². The average Bonchev–Trinajstić information content (AvgIpc) is 1.99. The lowest BCUT2D eigenvalue weighted by molar-refractivity contribution is -0.304. The van der Waals surface area contributed by atoms with Gasteiger partial charge in [-0.3, -0.25) is 0 Å². The molecule has 0 rings (SSSR count). The summed E-state index contributed by atoms with van der Waals surface area (Å²) in [5.41, 5.74) is 1.46. The number of hydrogen-bond donors (Lipinski definition) is 1. The zero-order valence-corrected chi connectivity index (χ0v) is 5.63. The van der Waals surface area contributed by atoms with Crippen molar-refractivity contribution >= 4 is 5.84 Å². The molecule has 0 aromatic carbocycles. The van der Waals surface area contributed by atoms with Crippen LogP contribution in [0.5, 0.6) is 0 Å². The zero-order chi connectivity index (χ0) is 7.98. The number of rotatable bonds is 2. The standard InChI is InChI=1S/C6H9N2O2/c1-3-5(8-10)7-6(9)4-2/h3-4H,1H2,2H3,(H2-,7,8,9,10)/q-1/p-1. The first-order chi connectivity index (χ1) is 4.74. The Morgan fingerprint density at radius 2 is 2.30 bits per heavy atom. The number of nitrogens with one attached hydrogen (secondary N) is 1. The van der Waals surface area contributed by atoms with E-state index in [9.17, 15) is 10.3 Å². The lowest BCUT2D eigenvalue weighted by Crippen LogP contribution is -2.15. The van der Waals surface area contributed by atoms with Crippen LogP contribution in [-0.4, -0.2) is 5.84 Å². The molecule has 0 saturated heterocycles. The molecule has 0 aliphatic rings. The van der Waals surface area contributed by atoms with Crippen LogP contribution in [0.15, 0.2) is 29.6 Å². The smallest absolute Gasteiger partial charge is 0.113 e. The molecule has 56 valence electrons. The Bertz CT molecular complexity index is 173. The second-order valence-corrected chi connectivity index (χ2v) is 1.43. The zero-order valence-electron chi connectivity index (χ0n) is 5.63. The Morgan fingerprint density at radius 3 is 2.60 bits per heavy atom. The Hall–Kier alpha value is -1.29. The summed E-state index contributed by atoms with van der Waals surface area (Å²) in [5.74, 6) is -0.527. The summed E-state index contributed by atoms with van der Waals surface area (Å²) in [4.78, 5) is 3.31. The Labute approximate surface area is 59.2 Å². The Morgan fingerprint density at radius 1 is 1.70 bits per heavy atom. The van der Waals surface area contributed by atoms with Crippen molar-refractivity contribution in [1.29, 1.82) is 0 Å². The third-order valence-corrected chi connectivity index (χ3v) is 0.776. The lowest BCUT2D eigenvalue weighted by atomic mass is 10.5. The molecular formula is C6H8N2O2-2. The first kappa shape index (κ1) is 8.71. The van der Waals surface area contributed by atoms with Gasteiger partial charge in [0.15, 0.2) is 0 Å². The number of aliphatic imine (C=N–C) groups is 1. The number of hydroxylamine groups is 1. The molecular weight excluding hydrogens is 132 g/mol. The van der Waals surface area contributed by atoms with Crippen LogP contribution >= 0.6 is 0 Å². The van der Waals surface area contributed by atoms with Crippen molar-refractivity contribution in [2.24, 2.45) is 4.99 Å². The fraction of sp³-hybridized carbons (Fsp3) is 0.167. The van der Waals surface area contributed by atoms with Crippen LogP contribution in [-0.2, 0) is 0 Å². The highest BCUT2D eigenvalue weighted by atomic mass is 16.5. The van der Waals surface area contributed by atoms with Gasteiger partial charge in [0.1, 0.15) is 5.84 Å². The van der Waals surface area contributed by atoms with Crippen molar-refractivity contribution in [3.05, 3.63) is 29.8 Å². The fourth-order valence-electron chi connectivity index (χ4n) is 0.293. The van der Waals surface area contributed by atoms with E-state index in [0.29, 0.717) is 0 Å². The van der Waals surface area contributed by atoms with E-state index in [1.807, 2.05) is 0 Å². The minimum absolute atomic E-state index is 0.0666. The third-order valence-electron chi connectivity index (χ3n) is 0.776. The Kier molecular flexibility index (Phi) is 3.99. The summed E-state index contributed by atoms with van der Waals surface area (Å²) in [5, 5.41) is 20.4. The van der Waals surface area contributed by atoms with Crippen molar-refractivity contribution in [2.75, 3.05) is 0 Å². The van der Waals surface area contributed by atoms with E-state index in [4.69, 9.17) is 0 Å². The molecule has 0 heterocycles. The summed E-state index contributed by atoms with van der Waals surface area (Å²) >= 11 is 0. The first-order valence-electron chi connectivity index (χ1n) is 2.67. The molecule has 0 fully saturated rings. The predicted octanol–water partition coefficient (Wildman–Crippen LogP) is -0.120. The van der Waals surface area contributed by atoms with Crippen LogP contribution in [0.4, 0.5) is 0 Å². The SMILES string of the molecule is C=CC(=NC([O-])=CC)N[O-]. The summed E-state index contributed by atoms with van der Waals surface area (Å²) in [6, 6.07) is 0. The maximum Gasteiger partial charge on any atom is 0.113 e. The van der Waals surface area contributed by atoms with Crippen LogP contribution in [0.2, 0.25) is 0 Å². The molecule has 0 aliphatic heterocycles. The molecule has 0 unspecified atom stereocenters. The lowest BCUT2D eigenvalue weighted by Gasteiger charge is -2.11. The largest absolute Gasteiger partial charge is 0.859 e. The van der Waals surface area contributed by atoms with Gasteiger partial charge < -0.3 is 15.8 Å². The second kappa shape index (κ2) is 4.58. The minimum atomic E-state index is -0.460. The number of hydrogen-bond acceptors (Lipinski definition) is 3. The molecule has 0 spiro atoms. The molecule has 1 N–H and O–H groups in total. The average molecular weight is 140 g/mol. The van der Waals surface area contributed by atoms with Crippen molar-refractivity contribution in [3.8, 4) is 0 Å². The van der Waals surface area contributed by atoms with E-state index in [1.54, 1.807) is 0 Å². The van der Waals surface area contributed by atoms with Crippen LogP contribution < -0.4 is 10.6 Å². The van der Waals surface area contributed by atoms with E-state index >= 15 is 0 Å².